The molecule has 5 rings (SSSR count). The van der Waals surface area contributed by atoms with Crippen LogP contribution in [0.25, 0.3) is 0 Å². The number of benzene rings is 2. The third-order valence-electron chi connectivity index (χ3n) is 7.34. The molecule has 2 heterocycles. The highest BCUT2D eigenvalue weighted by atomic mass is 19.1. The van der Waals surface area contributed by atoms with Gasteiger partial charge in [0.15, 0.2) is 5.82 Å². The molecule has 3 aromatic rings. The Labute approximate surface area is 205 Å². The molecule has 0 unspecified atom stereocenters. The smallest absolute Gasteiger partial charge is 0.173 e. The van der Waals surface area contributed by atoms with Gasteiger partial charge in [-0.2, -0.15) is 0 Å². The minimum atomic E-state index is -0.258. The number of rotatable bonds is 8. The molecule has 0 spiro atoms. The summed E-state index contributed by atoms with van der Waals surface area (Å²) in [6.45, 7) is 4.34. The molecule has 0 radical (unpaired) electrons. The summed E-state index contributed by atoms with van der Waals surface area (Å²) in [6.07, 6.45) is 5.31. The van der Waals surface area contributed by atoms with E-state index >= 15 is 0 Å². The number of halogens is 1. The molecule has 8 nitrogen and oxygen atoms in total. The Morgan fingerprint density at radius 2 is 1.71 bits per heavy atom. The number of piperazine rings is 1. The number of tetrazole rings is 1. The van der Waals surface area contributed by atoms with Crippen molar-refractivity contribution < 1.29 is 13.9 Å². The van der Waals surface area contributed by atoms with Crippen molar-refractivity contribution in [3.63, 3.8) is 0 Å². The number of nitrogens with zero attached hydrogens (tertiary/aromatic N) is 6. The van der Waals surface area contributed by atoms with E-state index in [0.29, 0.717) is 6.54 Å². The van der Waals surface area contributed by atoms with E-state index < -0.39 is 0 Å². The molecule has 1 saturated heterocycles. The molecule has 2 aromatic carbocycles. The zero-order chi connectivity index (χ0) is 24.2. The lowest BCUT2D eigenvalue weighted by Crippen LogP contribution is -2.51. The van der Waals surface area contributed by atoms with E-state index in [1.54, 1.807) is 26.4 Å². The van der Waals surface area contributed by atoms with Crippen molar-refractivity contribution in [1.82, 2.24) is 30.0 Å². The van der Waals surface area contributed by atoms with Crippen LogP contribution >= 0.6 is 0 Å². The lowest BCUT2D eigenvalue weighted by atomic mass is 10.0. The predicted octanol–water partition coefficient (Wildman–Crippen LogP) is 3.53. The van der Waals surface area contributed by atoms with Crippen molar-refractivity contribution >= 4 is 0 Å². The number of hydrogen-bond donors (Lipinski definition) is 0. The highest BCUT2D eigenvalue weighted by Crippen LogP contribution is 2.37. The molecule has 35 heavy (non-hydrogen) atoms. The highest BCUT2D eigenvalue weighted by molar-refractivity contribution is 5.44. The zero-order valence-electron chi connectivity index (χ0n) is 20.4. The van der Waals surface area contributed by atoms with Gasteiger partial charge in [0.2, 0.25) is 0 Å². The largest absolute Gasteiger partial charge is 0.497 e. The zero-order valence-corrected chi connectivity index (χ0v) is 20.4. The van der Waals surface area contributed by atoms with Gasteiger partial charge in [0.05, 0.1) is 20.8 Å². The Bertz CT molecular complexity index is 1110. The van der Waals surface area contributed by atoms with E-state index in [9.17, 15) is 4.39 Å². The van der Waals surface area contributed by atoms with Gasteiger partial charge in [0, 0.05) is 43.9 Å². The van der Waals surface area contributed by atoms with Gasteiger partial charge in [0.25, 0.3) is 0 Å². The van der Waals surface area contributed by atoms with Crippen LogP contribution in [-0.2, 0) is 6.54 Å². The van der Waals surface area contributed by atoms with Crippen LogP contribution in [0.4, 0.5) is 4.39 Å². The Balaban J connectivity index is 1.47. The van der Waals surface area contributed by atoms with Crippen molar-refractivity contribution in [1.29, 1.82) is 0 Å². The third kappa shape index (κ3) is 5.16. The summed E-state index contributed by atoms with van der Waals surface area (Å²) in [7, 11) is 3.33. The second-order valence-electron chi connectivity index (χ2n) is 9.34. The molecule has 1 saturated carbocycles. The second-order valence-corrected chi connectivity index (χ2v) is 9.34. The molecule has 2 aliphatic rings. The van der Waals surface area contributed by atoms with Crippen LogP contribution in [0, 0.1) is 5.82 Å². The van der Waals surface area contributed by atoms with Gasteiger partial charge in [-0.05, 0) is 53.1 Å². The highest BCUT2D eigenvalue weighted by Gasteiger charge is 2.34. The first-order chi connectivity index (χ1) is 17.2. The van der Waals surface area contributed by atoms with Crippen LogP contribution in [0.15, 0.2) is 42.5 Å². The lowest BCUT2D eigenvalue weighted by molar-refractivity contribution is 0.0764. The quantitative estimate of drug-likeness (QED) is 0.489. The summed E-state index contributed by atoms with van der Waals surface area (Å²) in [6, 6.07) is 12.9. The van der Waals surface area contributed by atoms with Crippen LogP contribution in [0.1, 0.15) is 48.7 Å². The van der Waals surface area contributed by atoms with Crippen LogP contribution < -0.4 is 9.47 Å². The van der Waals surface area contributed by atoms with Crippen LogP contribution in [0.3, 0.4) is 0 Å². The molecule has 1 aromatic heterocycles. The van der Waals surface area contributed by atoms with Gasteiger partial charge < -0.3 is 9.47 Å². The molecule has 2 fully saturated rings. The van der Waals surface area contributed by atoms with E-state index in [2.05, 4.69) is 25.3 Å². The topological polar surface area (TPSA) is 68.5 Å². The summed E-state index contributed by atoms with van der Waals surface area (Å²) in [5.74, 6) is 1.96. The van der Waals surface area contributed by atoms with E-state index in [4.69, 9.17) is 9.47 Å². The summed E-state index contributed by atoms with van der Waals surface area (Å²) in [5.41, 5.74) is 1.93. The van der Waals surface area contributed by atoms with Gasteiger partial charge in [-0.15, -0.1) is 5.10 Å². The molecular formula is C26H33FN6O2. The summed E-state index contributed by atoms with van der Waals surface area (Å²) < 4.78 is 26.5. The van der Waals surface area contributed by atoms with Crippen molar-refractivity contribution in [2.45, 2.75) is 44.3 Å². The van der Waals surface area contributed by atoms with Crippen LogP contribution in [-0.4, -0.2) is 76.4 Å². The first kappa shape index (κ1) is 23.7. The van der Waals surface area contributed by atoms with Crippen LogP contribution in [0.2, 0.25) is 0 Å². The molecule has 1 aliphatic heterocycles. The fraction of sp³-hybridized carbons (Fsp3) is 0.500. The van der Waals surface area contributed by atoms with Crippen molar-refractivity contribution in [2.24, 2.45) is 0 Å². The minimum Gasteiger partial charge on any atom is -0.497 e. The first-order valence-corrected chi connectivity index (χ1v) is 12.4. The monoisotopic (exact) mass is 480 g/mol. The third-order valence-corrected chi connectivity index (χ3v) is 7.34. The lowest BCUT2D eigenvalue weighted by Gasteiger charge is -2.41. The van der Waals surface area contributed by atoms with Gasteiger partial charge in [-0.3, -0.25) is 9.80 Å². The Morgan fingerprint density at radius 3 is 2.40 bits per heavy atom. The summed E-state index contributed by atoms with van der Waals surface area (Å²) >= 11 is 0. The number of aromatic nitrogens is 4. The normalized spacial score (nSPS) is 18.6. The molecule has 1 atom stereocenters. The molecule has 0 amide bonds. The maximum atomic E-state index is 13.4. The Hall–Kier alpha value is -3.04. The molecular weight excluding hydrogens is 447 g/mol. The SMILES string of the molecule is COc1ccc([C@@H](c2nnnn2Cc2ccc(F)cc2)N2CCN(C3CCCC3)CC2)c(OC)c1. The first-order valence-electron chi connectivity index (χ1n) is 12.4. The van der Waals surface area contributed by atoms with Gasteiger partial charge in [-0.25, -0.2) is 9.07 Å². The van der Waals surface area contributed by atoms with Gasteiger partial charge in [-0.1, -0.05) is 25.0 Å². The van der Waals surface area contributed by atoms with Crippen molar-refractivity contribution in [2.75, 3.05) is 40.4 Å². The van der Waals surface area contributed by atoms with Gasteiger partial charge >= 0.3 is 0 Å². The molecule has 1 aliphatic carbocycles. The second kappa shape index (κ2) is 10.7. The van der Waals surface area contributed by atoms with E-state index in [-0.39, 0.29) is 11.9 Å². The van der Waals surface area contributed by atoms with E-state index in [0.717, 1.165) is 60.7 Å². The molecule has 9 heteroatoms. The molecule has 0 N–H and O–H groups in total. The van der Waals surface area contributed by atoms with E-state index in [1.165, 1.54) is 37.8 Å². The fourth-order valence-corrected chi connectivity index (χ4v) is 5.46. The maximum absolute atomic E-state index is 13.4. The Kier molecular flexibility index (Phi) is 7.24. The average Bonchev–Trinajstić information content (AvgIpc) is 3.59. The number of ether oxygens (including phenoxy) is 2. The Morgan fingerprint density at radius 1 is 0.971 bits per heavy atom. The standard InChI is InChI=1S/C26H33FN6O2/c1-34-22-11-12-23(24(17-22)35-2)25(32-15-13-31(14-16-32)21-5-3-4-6-21)26-28-29-30-33(26)18-19-7-9-20(27)10-8-19/h7-12,17,21,25H,3-6,13-16,18H2,1-2H3/t25-/m0/s1. The number of hydrogen-bond acceptors (Lipinski definition) is 7. The fourth-order valence-electron chi connectivity index (χ4n) is 5.46. The van der Waals surface area contributed by atoms with Gasteiger partial charge in [0.1, 0.15) is 23.4 Å². The predicted molar refractivity (Wildman–Crippen MR) is 130 cm³/mol. The average molecular weight is 481 g/mol. The molecule has 0 bridgehead atoms. The summed E-state index contributed by atoms with van der Waals surface area (Å²) in [4.78, 5) is 5.09. The minimum absolute atomic E-state index is 0.183. The number of methoxy groups -OCH3 is 2. The van der Waals surface area contributed by atoms with Crippen molar-refractivity contribution in [3.8, 4) is 11.5 Å². The van der Waals surface area contributed by atoms with E-state index in [1.807, 2.05) is 22.9 Å². The van der Waals surface area contributed by atoms with Crippen molar-refractivity contribution in [3.05, 3.63) is 65.2 Å². The van der Waals surface area contributed by atoms with Crippen LogP contribution in [0.5, 0.6) is 11.5 Å². The maximum Gasteiger partial charge on any atom is 0.173 e. The summed E-state index contributed by atoms with van der Waals surface area (Å²) in [5, 5.41) is 12.8. The molecule has 186 valence electrons.